The zero-order valence-electron chi connectivity index (χ0n) is 11.4. The van der Waals surface area contributed by atoms with E-state index in [1.165, 1.54) is 0 Å². The highest BCUT2D eigenvalue weighted by atomic mass is 16.5. The molecule has 1 amide bonds. The molecule has 0 spiro atoms. The summed E-state index contributed by atoms with van der Waals surface area (Å²) in [6.07, 6.45) is -0.144. The van der Waals surface area contributed by atoms with Crippen molar-refractivity contribution in [2.45, 2.75) is 12.5 Å². The monoisotopic (exact) mass is 282 g/mol. The molecule has 1 aromatic carbocycles. The summed E-state index contributed by atoms with van der Waals surface area (Å²) < 4.78 is 5.00. The predicted molar refractivity (Wildman–Crippen MR) is 69.6 cm³/mol. The lowest BCUT2D eigenvalue weighted by Crippen LogP contribution is -2.95. The summed E-state index contributed by atoms with van der Waals surface area (Å²) in [4.78, 5) is 22.7. The molecule has 110 valence electrons. The van der Waals surface area contributed by atoms with Crippen LogP contribution >= 0.6 is 0 Å². The van der Waals surface area contributed by atoms with Gasteiger partial charge in [0.15, 0.2) is 0 Å². The number of carboxylic acid groups (broad SMARTS) is 1. The van der Waals surface area contributed by atoms with E-state index in [9.17, 15) is 14.7 Å². The first-order valence-electron chi connectivity index (χ1n) is 6.34. The van der Waals surface area contributed by atoms with Gasteiger partial charge in [-0.05, 0) is 24.3 Å². The van der Waals surface area contributed by atoms with Gasteiger partial charge in [-0.2, -0.15) is 0 Å². The number of quaternary nitrogens is 2. The lowest BCUT2D eigenvalue weighted by atomic mass is 10.2. The molecule has 7 nitrogen and oxygen atoms in total. The number of carbonyl (C=O) groups excluding carboxylic acids is 2. The molecule has 0 heterocycles. The minimum Gasteiger partial charge on any atom is -0.544 e. The van der Waals surface area contributed by atoms with Crippen LogP contribution in [0, 0.1) is 0 Å². The third-order valence-electron chi connectivity index (χ3n) is 2.74. The van der Waals surface area contributed by atoms with Gasteiger partial charge < -0.3 is 31.0 Å². The molecular weight excluding hydrogens is 262 g/mol. The van der Waals surface area contributed by atoms with Crippen molar-refractivity contribution in [2.75, 3.05) is 25.5 Å². The molecule has 0 aromatic heterocycles. The first-order chi connectivity index (χ1) is 9.56. The van der Waals surface area contributed by atoms with Gasteiger partial charge in [-0.25, -0.2) is 0 Å². The van der Waals surface area contributed by atoms with Gasteiger partial charge in [0.25, 0.3) is 0 Å². The Balaban J connectivity index is 2.53. The molecule has 0 saturated carbocycles. The largest absolute Gasteiger partial charge is 0.544 e. The van der Waals surface area contributed by atoms with Crippen LogP contribution in [0.4, 0.5) is 5.69 Å². The number of carboxylic acids is 1. The minimum atomic E-state index is -1.25. The van der Waals surface area contributed by atoms with Crippen LogP contribution in [0.2, 0.25) is 0 Å². The van der Waals surface area contributed by atoms with Gasteiger partial charge in [-0.1, -0.05) is 0 Å². The number of nitrogens with two attached hydrogens (primary N) is 1. The van der Waals surface area contributed by atoms with Gasteiger partial charge in [-0.3, -0.25) is 4.79 Å². The van der Waals surface area contributed by atoms with Crippen molar-refractivity contribution < 1.29 is 30.5 Å². The van der Waals surface area contributed by atoms with Crippen LogP contribution in [-0.4, -0.2) is 38.1 Å². The zero-order chi connectivity index (χ0) is 15.0. The fourth-order valence-electron chi connectivity index (χ4n) is 1.67. The second kappa shape index (κ2) is 8.13. The summed E-state index contributed by atoms with van der Waals surface area (Å²) in [5, 5.41) is 15.1. The van der Waals surface area contributed by atoms with E-state index in [1.807, 2.05) is 0 Å². The first kappa shape index (κ1) is 15.9. The molecule has 1 atom stereocenters. The molecule has 7 heteroatoms. The standard InChI is InChI=1S/C13H19N3O4/c1-20-10-4-2-9(3-5-10)16-12(17)8-11(13(18)19)15-7-6-14/h2-5,11,15H,6-8,14H2,1H3,(H,16,17)(H,18,19)/p+1/t11-/m1/s1. The Bertz CT molecular complexity index is 447. The Kier molecular flexibility index (Phi) is 6.48. The molecule has 0 bridgehead atoms. The molecule has 1 rings (SSSR count). The summed E-state index contributed by atoms with van der Waals surface area (Å²) in [7, 11) is 1.55. The molecule has 6 N–H and O–H groups in total. The van der Waals surface area contributed by atoms with Crippen LogP contribution in [0.3, 0.4) is 0 Å². The fraction of sp³-hybridized carbons (Fsp3) is 0.385. The summed E-state index contributed by atoms with van der Waals surface area (Å²) in [5.74, 6) is -0.938. The first-order valence-corrected chi connectivity index (χ1v) is 6.34. The molecule has 0 aliphatic heterocycles. The number of rotatable bonds is 8. The average molecular weight is 282 g/mol. The van der Waals surface area contributed by atoms with Crippen LogP contribution in [0.1, 0.15) is 6.42 Å². The second-order valence-corrected chi connectivity index (χ2v) is 4.28. The van der Waals surface area contributed by atoms with Crippen LogP contribution in [-0.2, 0) is 9.59 Å². The van der Waals surface area contributed by atoms with Gasteiger partial charge in [0.2, 0.25) is 5.91 Å². The molecule has 0 saturated heterocycles. The zero-order valence-corrected chi connectivity index (χ0v) is 11.4. The smallest absolute Gasteiger partial charge is 0.230 e. The number of hydrogen-bond acceptors (Lipinski definition) is 4. The summed E-state index contributed by atoms with van der Waals surface area (Å²) in [6, 6.07) is 5.89. The van der Waals surface area contributed by atoms with Crippen LogP contribution in [0.15, 0.2) is 24.3 Å². The maximum Gasteiger partial charge on any atom is 0.230 e. The third-order valence-corrected chi connectivity index (χ3v) is 2.74. The molecule has 0 fully saturated rings. The highest BCUT2D eigenvalue weighted by Gasteiger charge is 2.18. The number of ether oxygens (including phenoxy) is 1. The van der Waals surface area contributed by atoms with Crippen molar-refractivity contribution in [1.82, 2.24) is 0 Å². The van der Waals surface area contributed by atoms with Gasteiger partial charge in [-0.15, -0.1) is 0 Å². The number of carbonyl (C=O) groups is 2. The van der Waals surface area contributed by atoms with E-state index in [0.717, 1.165) is 0 Å². The van der Waals surface area contributed by atoms with Crippen molar-refractivity contribution in [2.24, 2.45) is 0 Å². The van der Waals surface area contributed by atoms with E-state index in [-0.39, 0.29) is 12.3 Å². The topological polar surface area (TPSA) is 123 Å². The Morgan fingerprint density at radius 3 is 2.55 bits per heavy atom. The maximum atomic E-state index is 11.8. The van der Waals surface area contributed by atoms with Gasteiger partial charge in [0.05, 0.1) is 19.5 Å². The fourth-order valence-corrected chi connectivity index (χ4v) is 1.67. The van der Waals surface area contributed by atoms with E-state index in [2.05, 4.69) is 11.1 Å². The Morgan fingerprint density at radius 2 is 2.05 bits per heavy atom. The van der Waals surface area contributed by atoms with E-state index < -0.39 is 12.0 Å². The van der Waals surface area contributed by atoms with Crippen LogP contribution < -0.4 is 26.2 Å². The summed E-state index contributed by atoms with van der Waals surface area (Å²) >= 11 is 0. The van der Waals surface area contributed by atoms with E-state index in [4.69, 9.17) is 4.74 Å². The Morgan fingerprint density at radius 1 is 1.40 bits per heavy atom. The van der Waals surface area contributed by atoms with Gasteiger partial charge >= 0.3 is 0 Å². The van der Waals surface area contributed by atoms with Crippen molar-refractivity contribution in [1.29, 1.82) is 0 Å². The highest BCUT2D eigenvalue weighted by molar-refractivity contribution is 5.93. The number of benzene rings is 1. The Hall–Kier alpha value is -2.12. The molecule has 0 unspecified atom stereocenters. The van der Waals surface area contributed by atoms with E-state index in [1.54, 1.807) is 36.7 Å². The Labute approximate surface area is 117 Å². The van der Waals surface area contributed by atoms with Crippen molar-refractivity contribution in [3.63, 3.8) is 0 Å². The van der Waals surface area contributed by atoms with Crippen molar-refractivity contribution in [3.05, 3.63) is 24.3 Å². The lowest BCUT2D eigenvalue weighted by Gasteiger charge is -2.15. The van der Waals surface area contributed by atoms with Crippen LogP contribution in [0.5, 0.6) is 5.75 Å². The molecule has 20 heavy (non-hydrogen) atoms. The molecule has 0 radical (unpaired) electrons. The number of amides is 1. The number of methoxy groups -OCH3 is 1. The number of nitrogens with one attached hydrogen (secondary N) is 1. The third kappa shape index (κ3) is 5.25. The molecule has 0 aliphatic carbocycles. The summed E-state index contributed by atoms with van der Waals surface area (Å²) in [5.41, 5.74) is 4.21. The number of aliphatic carboxylic acids is 1. The van der Waals surface area contributed by atoms with Gasteiger partial charge in [0, 0.05) is 5.69 Å². The normalized spacial score (nSPS) is 11.7. The predicted octanol–water partition coefficient (Wildman–Crippen LogP) is -3.05. The summed E-state index contributed by atoms with van der Waals surface area (Å²) in [6.45, 7) is 1.12. The van der Waals surface area contributed by atoms with E-state index in [0.29, 0.717) is 24.5 Å². The lowest BCUT2D eigenvalue weighted by molar-refractivity contribution is -0.695. The van der Waals surface area contributed by atoms with Crippen LogP contribution in [0.25, 0.3) is 0 Å². The highest BCUT2D eigenvalue weighted by Crippen LogP contribution is 2.15. The quantitative estimate of drug-likeness (QED) is 0.468. The average Bonchev–Trinajstić information content (AvgIpc) is 2.44. The number of anilines is 1. The van der Waals surface area contributed by atoms with E-state index >= 15 is 0 Å². The number of hydrogen-bond donors (Lipinski definition) is 3. The molecule has 0 aliphatic rings. The van der Waals surface area contributed by atoms with Crippen molar-refractivity contribution in [3.8, 4) is 5.75 Å². The van der Waals surface area contributed by atoms with Gasteiger partial charge in [0.1, 0.15) is 24.9 Å². The minimum absolute atomic E-state index is 0.144. The van der Waals surface area contributed by atoms with Crippen molar-refractivity contribution >= 4 is 17.6 Å². The molecular formula is C13H20N3O4+. The SMILES string of the molecule is COc1ccc(NC(=O)C[C@@H]([NH2+]CC[NH3+])C(=O)[O-])cc1. The second-order valence-electron chi connectivity index (χ2n) is 4.28. The maximum absolute atomic E-state index is 11.8. The molecule has 1 aromatic rings.